The van der Waals surface area contributed by atoms with Gasteiger partial charge in [0.25, 0.3) is 0 Å². The minimum Gasteiger partial charge on any atom is -0.465 e. The number of allylic oxidation sites excluding steroid dienone is 3. The molecule has 3 rings (SSSR count). The molecule has 3 fully saturated rings. The summed E-state index contributed by atoms with van der Waals surface area (Å²) in [7, 11) is 0. The molecule has 2 unspecified atom stereocenters. The van der Waals surface area contributed by atoms with E-state index >= 15 is 0 Å². The fourth-order valence-corrected chi connectivity index (χ4v) is 6.51. The van der Waals surface area contributed by atoms with Crippen molar-refractivity contribution in [2.75, 3.05) is 6.61 Å². The monoisotopic (exact) mass is 460 g/mol. The summed E-state index contributed by atoms with van der Waals surface area (Å²) >= 11 is 0. The van der Waals surface area contributed by atoms with Crippen LogP contribution in [0, 0.1) is 23.2 Å². The SMILES string of the molecule is C=C1/C(=C\C=C2/CCC[C@@]3(C)C2CC[C@@H]3[C@H](C)COC(=O)C[C@](C)(O)CC)CC(O)C[C@@H]1O. The van der Waals surface area contributed by atoms with Crippen molar-refractivity contribution >= 4 is 5.97 Å². The van der Waals surface area contributed by atoms with Gasteiger partial charge in [-0.25, -0.2) is 0 Å². The van der Waals surface area contributed by atoms with E-state index in [1.807, 2.05) is 6.92 Å². The van der Waals surface area contributed by atoms with Crippen molar-refractivity contribution in [3.05, 3.63) is 35.5 Å². The third-order valence-corrected chi connectivity index (χ3v) is 8.78. The predicted octanol–water partition coefficient (Wildman–Crippen LogP) is 4.86. The summed E-state index contributed by atoms with van der Waals surface area (Å²) in [5.74, 6) is 0.961. The average molecular weight is 461 g/mol. The average Bonchev–Trinajstić information content (AvgIpc) is 3.10. The van der Waals surface area contributed by atoms with E-state index < -0.39 is 17.8 Å². The first-order valence-corrected chi connectivity index (χ1v) is 12.8. The highest BCUT2D eigenvalue weighted by Crippen LogP contribution is 2.59. The third kappa shape index (κ3) is 5.98. The first-order chi connectivity index (χ1) is 15.5. The van der Waals surface area contributed by atoms with Crippen LogP contribution in [0.5, 0.6) is 0 Å². The summed E-state index contributed by atoms with van der Waals surface area (Å²) < 4.78 is 5.58. The van der Waals surface area contributed by atoms with E-state index in [4.69, 9.17) is 4.74 Å². The molecule has 0 aromatic rings. The number of rotatable bonds is 7. The summed E-state index contributed by atoms with van der Waals surface area (Å²) in [6.07, 6.45) is 10.3. The normalized spacial score (nSPS) is 37.6. The zero-order chi connectivity index (χ0) is 24.4. The summed E-state index contributed by atoms with van der Waals surface area (Å²) in [5.41, 5.74) is 2.34. The van der Waals surface area contributed by atoms with Gasteiger partial charge in [0.15, 0.2) is 0 Å². The molecule has 0 radical (unpaired) electrons. The van der Waals surface area contributed by atoms with E-state index in [-0.39, 0.29) is 23.7 Å². The molecule has 33 heavy (non-hydrogen) atoms. The van der Waals surface area contributed by atoms with Crippen LogP contribution in [-0.2, 0) is 9.53 Å². The van der Waals surface area contributed by atoms with Crippen LogP contribution >= 0.6 is 0 Å². The van der Waals surface area contributed by atoms with Gasteiger partial charge in [-0.15, -0.1) is 0 Å². The van der Waals surface area contributed by atoms with Crippen LogP contribution in [0.1, 0.15) is 85.5 Å². The van der Waals surface area contributed by atoms with Crippen LogP contribution in [0.3, 0.4) is 0 Å². The van der Waals surface area contributed by atoms with Gasteiger partial charge in [-0.1, -0.05) is 45.1 Å². The van der Waals surface area contributed by atoms with Crippen molar-refractivity contribution in [1.82, 2.24) is 0 Å². The predicted molar refractivity (Wildman–Crippen MR) is 130 cm³/mol. The van der Waals surface area contributed by atoms with Crippen molar-refractivity contribution in [2.24, 2.45) is 23.2 Å². The number of carbonyl (C=O) groups excluding carboxylic acids is 1. The Bertz CT molecular complexity index is 794. The molecule has 0 aliphatic heterocycles. The van der Waals surface area contributed by atoms with E-state index in [2.05, 4.69) is 32.6 Å². The van der Waals surface area contributed by atoms with Gasteiger partial charge in [-0.2, -0.15) is 0 Å². The van der Waals surface area contributed by atoms with Gasteiger partial charge in [-0.3, -0.25) is 4.79 Å². The second-order valence-electron chi connectivity index (χ2n) is 11.4. The smallest absolute Gasteiger partial charge is 0.308 e. The number of esters is 1. The highest BCUT2D eigenvalue weighted by atomic mass is 16.5. The zero-order valence-corrected chi connectivity index (χ0v) is 21.0. The van der Waals surface area contributed by atoms with Crippen molar-refractivity contribution < 1.29 is 24.9 Å². The molecule has 186 valence electrons. The third-order valence-electron chi connectivity index (χ3n) is 8.78. The lowest BCUT2D eigenvalue weighted by atomic mass is 9.61. The van der Waals surface area contributed by atoms with Crippen molar-refractivity contribution in [1.29, 1.82) is 0 Å². The molecule has 0 spiro atoms. The van der Waals surface area contributed by atoms with Gasteiger partial charge in [-0.05, 0) is 86.2 Å². The van der Waals surface area contributed by atoms with Crippen molar-refractivity contribution in [2.45, 2.75) is 103 Å². The minimum atomic E-state index is -1.00. The van der Waals surface area contributed by atoms with Gasteiger partial charge in [0.05, 0.1) is 30.8 Å². The number of aliphatic hydroxyl groups excluding tert-OH is 2. The molecular weight excluding hydrogens is 416 g/mol. The van der Waals surface area contributed by atoms with E-state index in [1.54, 1.807) is 6.92 Å². The summed E-state index contributed by atoms with van der Waals surface area (Å²) in [6, 6.07) is 0. The van der Waals surface area contributed by atoms with Gasteiger partial charge in [0, 0.05) is 6.42 Å². The topological polar surface area (TPSA) is 87.0 Å². The largest absolute Gasteiger partial charge is 0.465 e. The molecule has 5 nitrogen and oxygen atoms in total. The number of ether oxygens (including phenoxy) is 1. The van der Waals surface area contributed by atoms with E-state index in [9.17, 15) is 20.1 Å². The molecule has 0 heterocycles. The van der Waals surface area contributed by atoms with Gasteiger partial charge in [0.2, 0.25) is 0 Å². The minimum absolute atomic E-state index is 0.0387. The Labute approximate surface area is 199 Å². The molecule has 0 amide bonds. The fraction of sp³-hybridized carbons (Fsp3) is 0.750. The maximum Gasteiger partial charge on any atom is 0.308 e. The second-order valence-corrected chi connectivity index (χ2v) is 11.4. The first-order valence-electron chi connectivity index (χ1n) is 12.8. The Kier molecular flexibility index (Phi) is 8.29. The van der Waals surface area contributed by atoms with E-state index in [0.717, 1.165) is 36.8 Å². The Hall–Kier alpha value is -1.43. The summed E-state index contributed by atoms with van der Waals surface area (Å²) in [4.78, 5) is 12.2. The lowest BCUT2D eigenvalue weighted by Gasteiger charge is -2.44. The van der Waals surface area contributed by atoms with Gasteiger partial charge in [0.1, 0.15) is 0 Å². The Balaban J connectivity index is 1.66. The molecular formula is C28H44O5. The molecule has 5 heteroatoms. The molecule has 3 saturated carbocycles. The molecule has 0 aromatic carbocycles. The lowest BCUT2D eigenvalue weighted by molar-refractivity contribution is -0.151. The number of hydrogen-bond acceptors (Lipinski definition) is 5. The zero-order valence-electron chi connectivity index (χ0n) is 21.0. The van der Waals surface area contributed by atoms with Crippen LogP contribution in [0.25, 0.3) is 0 Å². The van der Waals surface area contributed by atoms with Crippen LogP contribution < -0.4 is 0 Å². The maximum atomic E-state index is 12.2. The molecule has 0 aromatic heterocycles. The molecule has 3 N–H and O–H groups in total. The summed E-state index contributed by atoms with van der Waals surface area (Å²) in [6.45, 7) is 12.6. The van der Waals surface area contributed by atoms with E-state index in [1.165, 1.54) is 12.0 Å². The number of carbonyl (C=O) groups is 1. The molecule has 3 aliphatic carbocycles. The molecule has 7 atom stereocenters. The molecule has 3 aliphatic rings. The van der Waals surface area contributed by atoms with Crippen LogP contribution in [0.15, 0.2) is 35.5 Å². The Morgan fingerprint density at radius 1 is 1.33 bits per heavy atom. The number of aliphatic hydroxyl groups is 3. The highest BCUT2D eigenvalue weighted by molar-refractivity contribution is 5.70. The molecule has 0 saturated heterocycles. The number of fused-ring (bicyclic) bond motifs is 1. The van der Waals surface area contributed by atoms with Gasteiger partial charge >= 0.3 is 5.97 Å². The quantitative estimate of drug-likeness (QED) is 0.473. The first kappa shape index (κ1) is 26.2. The Morgan fingerprint density at radius 3 is 2.76 bits per heavy atom. The standard InChI is InChI=1S/C28H44O5/c1-6-27(4,32)16-26(31)33-17-18(2)23-11-12-24-20(8-7-13-28(23,24)5)9-10-21-14-22(29)15-25(30)19(21)3/h9-10,18,22-25,29-30,32H,3,6-8,11-17H2,1-2,4-5H3/b20-9+,21-10-/t18-,22?,23-,24?,25+,27-,28-/m1/s1. The second kappa shape index (κ2) is 10.5. The fourth-order valence-electron chi connectivity index (χ4n) is 6.51. The molecule has 0 bridgehead atoms. The van der Waals surface area contributed by atoms with Crippen molar-refractivity contribution in [3.8, 4) is 0 Å². The van der Waals surface area contributed by atoms with E-state index in [0.29, 0.717) is 37.7 Å². The summed E-state index contributed by atoms with van der Waals surface area (Å²) in [5, 5.41) is 30.3. The number of hydrogen-bond donors (Lipinski definition) is 3. The van der Waals surface area contributed by atoms with Crippen LogP contribution in [0.2, 0.25) is 0 Å². The maximum absolute atomic E-state index is 12.2. The Morgan fingerprint density at radius 2 is 2.06 bits per heavy atom. The van der Waals surface area contributed by atoms with Crippen molar-refractivity contribution in [3.63, 3.8) is 0 Å². The van der Waals surface area contributed by atoms with Crippen LogP contribution in [0.4, 0.5) is 0 Å². The highest BCUT2D eigenvalue weighted by Gasteiger charge is 2.50. The lowest BCUT2D eigenvalue weighted by Crippen LogP contribution is -2.37. The van der Waals surface area contributed by atoms with Gasteiger partial charge < -0.3 is 20.1 Å². The van der Waals surface area contributed by atoms with Crippen LogP contribution in [-0.4, -0.2) is 45.7 Å².